The number of carbonyl (C=O) groups excluding carboxylic acids is 1. The fourth-order valence-corrected chi connectivity index (χ4v) is 0.563. The van der Waals surface area contributed by atoms with Crippen molar-refractivity contribution in [2.45, 2.75) is 19.8 Å². The van der Waals surface area contributed by atoms with Gasteiger partial charge in [0.2, 0.25) is 0 Å². The van der Waals surface area contributed by atoms with Gasteiger partial charge in [0.15, 0.2) is 0 Å². The summed E-state index contributed by atoms with van der Waals surface area (Å²) >= 11 is 0. The van der Waals surface area contributed by atoms with Crippen LogP contribution in [-0.4, -0.2) is 27.4 Å². The lowest BCUT2D eigenvalue weighted by molar-refractivity contribution is -0.139. The molecule has 0 atom stereocenters. The van der Waals surface area contributed by atoms with Gasteiger partial charge in [-0.25, -0.2) is 0 Å². The molecule has 5 nitrogen and oxygen atoms in total. The monoisotopic (exact) mass is 156 g/mol. The van der Waals surface area contributed by atoms with E-state index < -0.39 is 18.2 Å². The lowest BCUT2D eigenvalue weighted by Crippen LogP contribution is -2.17. The van der Waals surface area contributed by atoms with Crippen molar-refractivity contribution in [2.24, 2.45) is 0 Å². The van der Waals surface area contributed by atoms with Gasteiger partial charge in [-0.15, -0.1) is 0 Å². The highest BCUT2D eigenvalue weighted by molar-refractivity contribution is 6.39. The van der Waals surface area contributed by atoms with Gasteiger partial charge in [-0.1, -0.05) is 6.92 Å². The van der Waals surface area contributed by atoms with Gasteiger partial charge in [-0.2, -0.15) is 4.79 Å². The molecule has 11 heavy (non-hydrogen) atoms. The molecule has 0 aliphatic rings. The summed E-state index contributed by atoms with van der Waals surface area (Å²) in [5.74, 6) is -1.87. The number of hydrogen-bond donors (Lipinski definition) is 1. The average Bonchev–Trinajstić information content (AvgIpc) is 1.88. The predicted octanol–water partition coefficient (Wildman–Crippen LogP) is 0.111. The molecule has 0 aromatic rings. The molecule has 5 heteroatoms. The average molecular weight is 156 g/mol. The Hall–Kier alpha value is -1.48. The van der Waals surface area contributed by atoms with Crippen molar-refractivity contribution in [1.82, 2.24) is 0 Å². The summed E-state index contributed by atoms with van der Waals surface area (Å²) < 4.78 is 0. The molecule has 0 unspecified atom stereocenters. The number of ketones is 1. The third-order valence-corrected chi connectivity index (χ3v) is 1.09. The minimum absolute atomic E-state index is 0.104. The van der Waals surface area contributed by atoms with Gasteiger partial charge in [0.05, 0.1) is 6.42 Å². The molecule has 60 valence electrons. The first kappa shape index (κ1) is 9.52. The van der Waals surface area contributed by atoms with Crippen molar-refractivity contribution in [3.63, 3.8) is 0 Å². The quantitative estimate of drug-likeness (QED) is 0.271. The van der Waals surface area contributed by atoms with Crippen molar-refractivity contribution in [1.29, 1.82) is 0 Å². The van der Waals surface area contributed by atoms with Crippen molar-refractivity contribution in [2.75, 3.05) is 0 Å². The normalized spacial score (nSPS) is 8.45. The van der Waals surface area contributed by atoms with Crippen LogP contribution in [0.2, 0.25) is 0 Å². The number of Topliss-reactive ketones (excluding diaryl/α,β-unsaturated/α-hetero) is 1. The molecule has 0 radical (unpaired) electrons. The molecule has 1 N–H and O–H groups in total. The standard InChI is InChI=1S/C6H8N2O3/c1-2-4(8-7)5(9)3-6(10)11/h2-3H2,1H3,(H,10,11). The summed E-state index contributed by atoms with van der Waals surface area (Å²) in [6.45, 7) is 1.61. The first-order chi connectivity index (χ1) is 5.11. The maximum Gasteiger partial charge on any atom is 0.334 e. The number of carboxylic acids is 1. The maximum atomic E-state index is 10.7. The number of carboxylic acid groups (broad SMARTS) is 1. The van der Waals surface area contributed by atoms with Crippen LogP contribution in [0.3, 0.4) is 0 Å². The SMILES string of the molecule is CCC(=[N+]=[N-])C(=O)CC(=O)O. The number of hydrogen-bond acceptors (Lipinski definition) is 2. The zero-order valence-electron chi connectivity index (χ0n) is 6.07. The van der Waals surface area contributed by atoms with E-state index in [0.29, 0.717) is 0 Å². The number of aliphatic carboxylic acids is 1. The molecule has 0 saturated heterocycles. The van der Waals surface area contributed by atoms with Crippen molar-refractivity contribution in [3.05, 3.63) is 5.53 Å². The lowest BCUT2D eigenvalue weighted by Gasteiger charge is -1.87. The van der Waals surface area contributed by atoms with Crippen LogP contribution in [0.25, 0.3) is 5.53 Å². The minimum atomic E-state index is -1.22. The van der Waals surface area contributed by atoms with Crippen LogP contribution >= 0.6 is 0 Å². The van der Waals surface area contributed by atoms with Gasteiger partial charge in [-0.3, -0.25) is 9.59 Å². The van der Waals surface area contributed by atoms with E-state index in [9.17, 15) is 9.59 Å². The molecule has 0 bridgehead atoms. The minimum Gasteiger partial charge on any atom is -0.481 e. The summed E-state index contributed by atoms with van der Waals surface area (Å²) in [4.78, 5) is 23.4. The van der Waals surface area contributed by atoms with Crippen LogP contribution in [-0.2, 0) is 9.59 Å². The first-order valence-electron chi connectivity index (χ1n) is 3.07. The fraction of sp³-hybridized carbons (Fsp3) is 0.500. The molecule has 0 spiro atoms. The third-order valence-electron chi connectivity index (χ3n) is 1.09. The Kier molecular flexibility index (Phi) is 3.77. The highest BCUT2D eigenvalue weighted by Gasteiger charge is 2.19. The molecule has 0 amide bonds. The van der Waals surface area contributed by atoms with Crippen LogP contribution in [0.5, 0.6) is 0 Å². The third kappa shape index (κ3) is 3.27. The van der Waals surface area contributed by atoms with Gasteiger partial charge >= 0.3 is 11.7 Å². The van der Waals surface area contributed by atoms with Crippen molar-refractivity contribution >= 4 is 17.5 Å². The molecule has 0 heterocycles. The van der Waals surface area contributed by atoms with E-state index in [0.717, 1.165) is 0 Å². The van der Waals surface area contributed by atoms with Crippen LogP contribution in [0, 0.1) is 0 Å². The van der Waals surface area contributed by atoms with Crippen LogP contribution < -0.4 is 0 Å². The fourth-order valence-electron chi connectivity index (χ4n) is 0.563. The van der Waals surface area contributed by atoms with E-state index in [-0.39, 0.29) is 12.1 Å². The van der Waals surface area contributed by atoms with Crippen LogP contribution in [0.15, 0.2) is 0 Å². The van der Waals surface area contributed by atoms with E-state index in [1.54, 1.807) is 6.92 Å². The lowest BCUT2D eigenvalue weighted by atomic mass is 10.1. The van der Waals surface area contributed by atoms with Gasteiger partial charge < -0.3 is 10.6 Å². The largest absolute Gasteiger partial charge is 0.481 e. The van der Waals surface area contributed by atoms with Crippen LogP contribution in [0.1, 0.15) is 19.8 Å². The van der Waals surface area contributed by atoms with E-state index >= 15 is 0 Å². The van der Waals surface area contributed by atoms with E-state index in [1.807, 2.05) is 0 Å². The topological polar surface area (TPSA) is 90.8 Å². The predicted molar refractivity (Wildman–Crippen MR) is 36.2 cm³/mol. The Morgan fingerprint density at radius 3 is 2.36 bits per heavy atom. The van der Waals surface area contributed by atoms with Gasteiger partial charge in [0, 0.05) is 0 Å². The summed E-state index contributed by atoms with van der Waals surface area (Å²) in [7, 11) is 0. The molecular weight excluding hydrogens is 148 g/mol. The second kappa shape index (κ2) is 4.35. The Morgan fingerprint density at radius 2 is 2.09 bits per heavy atom. The van der Waals surface area contributed by atoms with Gasteiger partial charge in [0.1, 0.15) is 6.42 Å². The highest BCUT2D eigenvalue weighted by Crippen LogP contribution is 1.89. The van der Waals surface area contributed by atoms with Gasteiger partial charge in [-0.05, 0) is 0 Å². The Bertz CT molecular complexity index is 228. The Morgan fingerprint density at radius 1 is 1.55 bits per heavy atom. The molecule has 0 aromatic heterocycles. The number of nitrogens with zero attached hydrogens (tertiary/aromatic N) is 2. The summed E-state index contributed by atoms with van der Waals surface area (Å²) in [6.07, 6.45) is -0.379. The molecule has 0 fully saturated rings. The first-order valence-corrected chi connectivity index (χ1v) is 3.07. The zero-order chi connectivity index (χ0) is 8.85. The molecule has 0 aromatic carbocycles. The number of carbonyl (C=O) groups is 2. The highest BCUT2D eigenvalue weighted by atomic mass is 16.4. The van der Waals surface area contributed by atoms with Crippen LogP contribution in [0.4, 0.5) is 0 Å². The second-order valence-corrected chi connectivity index (χ2v) is 1.89. The molecule has 0 aliphatic carbocycles. The van der Waals surface area contributed by atoms with E-state index in [1.165, 1.54) is 0 Å². The summed E-state index contributed by atoms with van der Waals surface area (Å²) in [6, 6.07) is 0. The zero-order valence-corrected chi connectivity index (χ0v) is 6.07. The Labute approximate surface area is 63.3 Å². The molecular formula is C6H8N2O3. The smallest absolute Gasteiger partial charge is 0.334 e. The van der Waals surface area contributed by atoms with E-state index in [2.05, 4.69) is 4.79 Å². The van der Waals surface area contributed by atoms with Gasteiger partial charge in [0.25, 0.3) is 5.78 Å². The molecule has 0 aliphatic heterocycles. The summed E-state index contributed by atoms with van der Waals surface area (Å²) in [5, 5.41) is 8.17. The summed E-state index contributed by atoms with van der Waals surface area (Å²) in [5.41, 5.74) is 8.08. The second-order valence-electron chi connectivity index (χ2n) is 1.89. The molecule has 0 saturated carbocycles. The van der Waals surface area contributed by atoms with Crippen molar-refractivity contribution in [3.8, 4) is 0 Å². The van der Waals surface area contributed by atoms with E-state index in [4.69, 9.17) is 10.6 Å². The molecule has 0 rings (SSSR count). The maximum absolute atomic E-state index is 10.7. The van der Waals surface area contributed by atoms with Crippen molar-refractivity contribution < 1.29 is 19.5 Å². The number of rotatable bonds is 4. The Balaban J connectivity index is 4.24.